The lowest BCUT2D eigenvalue weighted by molar-refractivity contribution is -0.140. The molecule has 1 fully saturated rings. The van der Waals surface area contributed by atoms with E-state index in [2.05, 4.69) is 10.3 Å². The molecule has 3 aromatic heterocycles. The molecule has 43 heavy (non-hydrogen) atoms. The van der Waals surface area contributed by atoms with Crippen molar-refractivity contribution in [1.82, 2.24) is 19.9 Å². The Bertz CT molecular complexity index is 1810. The van der Waals surface area contributed by atoms with Crippen LogP contribution < -0.4 is 10.1 Å². The summed E-state index contributed by atoms with van der Waals surface area (Å²) in [5, 5.41) is 33.0. The van der Waals surface area contributed by atoms with Crippen LogP contribution in [0.4, 0.5) is 0 Å². The number of imidazole rings is 1. The molecule has 3 heterocycles. The van der Waals surface area contributed by atoms with Gasteiger partial charge in [-0.1, -0.05) is 12.8 Å². The molecular formula is C31H30N4O8. The van der Waals surface area contributed by atoms with E-state index in [1.165, 1.54) is 0 Å². The number of carbonyl (C=O) groups excluding carboxylic acids is 1. The molecule has 1 amide bonds. The van der Waals surface area contributed by atoms with E-state index >= 15 is 0 Å². The summed E-state index contributed by atoms with van der Waals surface area (Å²) < 4.78 is 12.6. The van der Waals surface area contributed by atoms with Crippen molar-refractivity contribution < 1.29 is 38.9 Å². The van der Waals surface area contributed by atoms with E-state index in [1.54, 1.807) is 61.2 Å². The zero-order chi connectivity index (χ0) is 30.1. The Balaban J connectivity index is 1.26. The molecule has 1 saturated carbocycles. The largest absolute Gasteiger partial charge is 0.482 e. The molecule has 5 aromatic rings. The van der Waals surface area contributed by atoms with Gasteiger partial charge in [-0.15, -0.1) is 0 Å². The second kappa shape index (κ2) is 11.6. The number of carboxylic acid groups (broad SMARTS) is 2. The van der Waals surface area contributed by atoms with E-state index < -0.39 is 36.6 Å². The fraction of sp³-hybridized carbons (Fsp3) is 0.290. The Morgan fingerprint density at radius 3 is 2.70 bits per heavy atom. The van der Waals surface area contributed by atoms with Gasteiger partial charge in [0.25, 0.3) is 5.91 Å². The summed E-state index contributed by atoms with van der Waals surface area (Å²) >= 11 is 0. The van der Waals surface area contributed by atoms with Crippen molar-refractivity contribution in [3.8, 4) is 17.1 Å². The number of hydrogen-bond donors (Lipinski definition) is 5. The first-order chi connectivity index (χ1) is 20.8. The van der Waals surface area contributed by atoms with Crippen molar-refractivity contribution >= 4 is 39.8 Å². The highest BCUT2D eigenvalue weighted by Gasteiger charge is 2.30. The summed E-state index contributed by atoms with van der Waals surface area (Å²) in [6, 6.07) is 10.4. The molecule has 0 saturated heterocycles. The first kappa shape index (κ1) is 28.0. The minimum Gasteiger partial charge on any atom is -0.482 e. The fourth-order valence-electron chi connectivity index (χ4n) is 5.79. The zero-order valence-corrected chi connectivity index (χ0v) is 23.0. The minimum atomic E-state index is -1.25. The molecule has 0 bridgehead atoms. The van der Waals surface area contributed by atoms with Gasteiger partial charge in [0.1, 0.15) is 23.9 Å². The molecule has 1 aliphatic rings. The molecule has 0 radical (unpaired) electrons. The molecule has 5 N–H and O–H groups in total. The Hall–Kier alpha value is -5.10. The van der Waals surface area contributed by atoms with Gasteiger partial charge in [-0.05, 0) is 60.9 Å². The summed E-state index contributed by atoms with van der Waals surface area (Å²) in [6.07, 6.45) is 7.67. The number of H-pyrrole nitrogens is 1. The number of aliphatic hydroxyl groups excluding tert-OH is 1. The van der Waals surface area contributed by atoms with E-state index in [1.807, 2.05) is 4.57 Å². The summed E-state index contributed by atoms with van der Waals surface area (Å²) in [5.74, 6) is -1.94. The van der Waals surface area contributed by atoms with Crippen molar-refractivity contribution in [2.24, 2.45) is 0 Å². The Labute approximate surface area is 244 Å². The minimum absolute atomic E-state index is 0.0233. The SMILES string of the molecule is O=C(O)COc1ccc2[nH]cc(C[C@H](NC(=O)c3ccc4c(c3)nc(-c3ccoc3)n4[C@@H]3CCCC[C@H]3O)C(=O)O)c2c1. The third-order valence-corrected chi connectivity index (χ3v) is 7.89. The highest BCUT2D eigenvalue weighted by molar-refractivity contribution is 6.00. The molecule has 0 spiro atoms. The summed E-state index contributed by atoms with van der Waals surface area (Å²) in [4.78, 5) is 44.3. The number of aromatic amines is 1. The normalized spacial score (nSPS) is 17.6. The van der Waals surface area contributed by atoms with Crippen LogP contribution in [0.15, 0.2) is 65.6 Å². The van der Waals surface area contributed by atoms with Crippen molar-refractivity contribution in [3.05, 3.63) is 72.3 Å². The summed E-state index contributed by atoms with van der Waals surface area (Å²) in [6.45, 7) is -0.507. The second-order valence-electron chi connectivity index (χ2n) is 10.7. The van der Waals surface area contributed by atoms with Gasteiger partial charge in [0, 0.05) is 29.1 Å². The monoisotopic (exact) mass is 586 g/mol. The number of aliphatic carboxylic acids is 2. The van der Waals surface area contributed by atoms with Crippen molar-refractivity contribution in [3.63, 3.8) is 0 Å². The highest BCUT2D eigenvalue weighted by Crippen LogP contribution is 2.36. The van der Waals surface area contributed by atoms with Crippen LogP contribution in [0.2, 0.25) is 0 Å². The smallest absolute Gasteiger partial charge is 0.341 e. The maximum absolute atomic E-state index is 13.3. The molecule has 222 valence electrons. The van der Waals surface area contributed by atoms with Crippen LogP contribution in [0.1, 0.15) is 47.6 Å². The molecule has 0 unspecified atom stereocenters. The number of ether oxygens (including phenoxy) is 1. The van der Waals surface area contributed by atoms with Crippen molar-refractivity contribution in [1.29, 1.82) is 0 Å². The molecule has 3 atom stereocenters. The van der Waals surface area contributed by atoms with E-state index in [0.717, 1.165) is 30.3 Å². The third-order valence-electron chi connectivity index (χ3n) is 7.89. The number of furan rings is 1. The average Bonchev–Trinajstić information content (AvgIpc) is 3.74. The first-order valence-corrected chi connectivity index (χ1v) is 14.0. The standard InChI is InChI=1S/C31H30N4O8/c36-27-4-2-1-3-26(27)35-25-8-5-17(11-23(25)33-29(35)18-9-10-42-15-18)30(39)34-24(31(40)41)12-19-14-32-22-7-6-20(13-21(19)22)43-16-28(37)38/h5-11,13-15,24,26-27,32,36H,1-4,12,16H2,(H,34,39)(H,37,38)(H,40,41)/t24-,26+,27+/m0/s1. The Morgan fingerprint density at radius 2 is 1.95 bits per heavy atom. The van der Waals surface area contributed by atoms with Crippen LogP contribution in [-0.4, -0.2) is 66.5 Å². The van der Waals surface area contributed by atoms with Gasteiger partial charge in [-0.2, -0.15) is 0 Å². The van der Waals surface area contributed by atoms with Crippen LogP contribution >= 0.6 is 0 Å². The zero-order valence-electron chi connectivity index (χ0n) is 23.0. The number of aliphatic hydroxyl groups is 1. The van der Waals surface area contributed by atoms with Crippen LogP contribution in [0.5, 0.6) is 5.75 Å². The van der Waals surface area contributed by atoms with Gasteiger partial charge >= 0.3 is 11.9 Å². The lowest BCUT2D eigenvalue weighted by atomic mass is 9.92. The third kappa shape index (κ3) is 5.69. The van der Waals surface area contributed by atoms with E-state index in [0.29, 0.717) is 40.0 Å². The number of carbonyl (C=O) groups is 3. The summed E-state index contributed by atoms with van der Waals surface area (Å²) in [7, 11) is 0. The highest BCUT2D eigenvalue weighted by atomic mass is 16.5. The van der Waals surface area contributed by atoms with Crippen molar-refractivity contribution in [2.75, 3.05) is 6.61 Å². The van der Waals surface area contributed by atoms with Crippen molar-refractivity contribution in [2.45, 2.75) is 50.3 Å². The molecule has 0 aliphatic heterocycles. The number of nitrogens with one attached hydrogen (secondary N) is 2. The molecule has 2 aromatic carbocycles. The number of aromatic nitrogens is 3. The van der Waals surface area contributed by atoms with Crippen LogP contribution in [0, 0.1) is 0 Å². The number of carboxylic acids is 2. The maximum atomic E-state index is 13.3. The fourth-order valence-corrected chi connectivity index (χ4v) is 5.79. The molecular weight excluding hydrogens is 556 g/mol. The van der Waals surface area contributed by atoms with Crippen LogP contribution in [0.3, 0.4) is 0 Å². The number of rotatable bonds is 10. The molecule has 1 aliphatic carbocycles. The number of nitrogens with zero attached hydrogens (tertiary/aromatic N) is 2. The van der Waals surface area contributed by atoms with Crippen LogP contribution in [-0.2, 0) is 16.0 Å². The Morgan fingerprint density at radius 1 is 1.12 bits per heavy atom. The van der Waals surface area contributed by atoms with Crippen LogP contribution in [0.25, 0.3) is 33.3 Å². The lowest BCUT2D eigenvalue weighted by Gasteiger charge is -2.30. The number of fused-ring (bicyclic) bond motifs is 2. The van der Waals surface area contributed by atoms with E-state index in [-0.39, 0.29) is 18.0 Å². The predicted octanol–water partition coefficient (Wildman–Crippen LogP) is 4.14. The van der Waals surface area contributed by atoms with Gasteiger partial charge in [-0.3, -0.25) is 4.79 Å². The second-order valence-corrected chi connectivity index (χ2v) is 10.7. The van der Waals surface area contributed by atoms with Gasteiger partial charge in [0.2, 0.25) is 0 Å². The number of benzene rings is 2. The summed E-state index contributed by atoms with van der Waals surface area (Å²) in [5.41, 5.74) is 3.63. The quantitative estimate of drug-likeness (QED) is 0.161. The Kier molecular flexibility index (Phi) is 7.59. The lowest BCUT2D eigenvalue weighted by Crippen LogP contribution is -2.42. The predicted molar refractivity (Wildman–Crippen MR) is 155 cm³/mol. The average molecular weight is 587 g/mol. The topological polar surface area (TPSA) is 180 Å². The van der Waals surface area contributed by atoms with E-state index in [4.69, 9.17) is 19.2 Å². The molecule has 12 nitrogen and oxygen atoms in total. The van der Waals surface area contributed by atoms with Gasteiger partial charge in [0.05, 0.1) is 35.0 Å². The molecule has 6 rings (SSSR count). The molecule has 12 heteroatoms. The first-order valence-electron chi connectivity index (χ1n) is 14.0. The van der Waals surface area contributed by atoms with E-state index in [9.17, 15) is 24.6 Å². The van der Waals surface area contributed by atoms with Gasteiger partial charge in [0.15, 0.2) is 6.61 Å². The number of amides is 1. The number of hydrogen-bond acceptors (Lipinski definition) is 7. The maximum Gasteiger partial charge on any atom is 0.341 e. The van der Waals surface area contributed by atoms with Gasteiger partial charge in [-0.25, -0.2) is 14.6 Å². The van der Waals surface area contributed by atoms with Gasteiger partial charge < -0.3 is 39.3 Å².